The quantitative estimate of drug-likeness (QED) is 0.857. The van der Waals surface area contributed by atoms with Gasteiger partial charge in [-0.25, -0.2) is 9.59 Å². The molecule has 1 N–H and O–H groups in total. The molecular formula is C15H16O5. The van der Waals surface area contributed by atoms with E-state index in [1.807, 2.05) is 0 Å². The minimum absolute atomic E-state index is 0.0291. The smallest absolute Gasteiger partial charge is 0.339 e. The van der Waals surface area contributed by atoms with Crippen molar-refractivity contribution in [2.24, 2.45) is 0 Å². The van der Waals surface area contributed by atoms with Crippen molar-refractivity contribution in [2.75, 3.05) is 0 Å². The molecule has 20 heavy (non-hydrogen) atoms. The second-order valence-corrected chi connectivity index (χ2v) is 5.25. The lowest BCUT2D eigenvalue weighted by molar-refractivity contribution is -0.0842. The SMILES string of the molecule is O=C(O)c1ccccc1C(=O)O[C@H]1CC[C@@H]2CC[C@@H]1O2. The van der Waals surface area contributed by atoms with Crippen molar-refractivity contribution in [2.45, 2.75) is 44.0 Å². The van der Waals surface area contributed by atoms with Crippen LogP contribution in [0.4, 0.5) is 0 Å². The van der Waals surface area contributed by atoms with Crippen LogP contribution in [0.15, 0.2) is 24.3 Å². The molecule has 3 rings (SSSR count). The Hall–Kier alpha value is -1.88. The van der Waals surface area contributed by atoms with Crippen molar-refractivity contribution in [3.8, 4) is 0 Å². The number of hydrogen-bond donors (Lipinski definition) is 1. The number of rotatable bonds is 3. The van der Waals surface area contributed by atoms with Crippen LogP contribution in [0.1, 0.15) is 46.4 Å². The summed E-state index contributed by atoms with van der Waals surface area (Å²) < 4.78 is 11.2. The Balaban J connectivity index is 1.75. The van der Waals surface area contributed by atoms with Gasteiger partial charge in [-0.15, -0.1) is 0 Å². The van der Waals surface area contributed by atoms with Crippen LogP contribution in [0.5, 0.6) is 0 Å². The number of carbonyl (C=O) groups excluding carboxylic acids is 1. The maximum absolute atomic E-state index is 12.2. The molecule has 0 aromatic heterocycles. The van der Waals surface area contributed by atoms with E-state index < -0.39 is 11.9 Å². The van der Waals surface area contributed by atoms with E-state index in [4.69, 9.17) is 14.6 Å². The number of ether oxygens (including phenoxy) is 2. The third kappa shape index (κ3) is 2.41. The molecule has 2 bridgehead atoms. The highest BCUT2D eigenvalue weighted by Crippen LogP contribution is 2.34. The summed E-state index contributed by atoms with van der Waals surface area (Å²) in [6, 6.07) is 6.10. The van der Waals surface area contributed by atoms with E-state index in [-0.39, 0.29) is 23.3 Å². The zero-order valence-electron chi connectivity index (χ0n) is 11.0. The Morgan fingerprint density at radius 1 is 1.10 bits per heavy atom. The summed E-state index contributed by atoms with van der Waals surface area (Å²) in [5.74, 6) is -1.71. The maximum atomic E-state index is 12.2. The molecule has 2 heterocycles. The molecule has 0 radical (unpaired) electrons. The van der Waals surface area contributed by atoms with E-state index in [1.165, 1.54) is 12.1 Å². The number of benzene rings is 1. The summed E-state index contributed by atoms with van der Waals surface area (Å²) in [4.78, 5) is 23.3. The van der Waals surface area contributed by atoms with Gasteiger partial charge in [-0.1, -0.05) is 12.1 Å². The van der Waals surface area contributed by atoms with Gasteiger partial charge in [0.25, 0.3) is 0 Å². The van der Waals surface area contributed by atoms with E-state index in [9.17, 15) is 9.59 Å². The Kier molecular flexibility index (Phi) is 3.44. The summed E-state index contributed by atoms with van der Waals surface area (Å²) in [6.07, 6.45) is 3.62. The van der Waals surface area contributed by atoms with Crippen LogP contribution < -0.4 is 0 Å². The molecule has 2 aliphatic heterocycles. The van der Waals surface area contributed by atoms with Crippen LogP contribution >= 0.6 is 0 Å². The van der Waals surface area contributed by atoms with Gasteiger partial charge < -0.3 is 14.6 Å². The molecule has 1 aromatic carbocycles. The molecule has 0 unspecified atom stereocenters. The molecule has 0 aliphatic carbocycles. The largest absolute Gasteiger partial charge is 0.478 e. The minimum atomic E-state index is -1.13. The van der Waals surface area contributed by atoms with Crippen molar-refractivity contribution in [3.05, 3.63) is 35.4 Å². The molecule has 106 valence electrons. The number of hydrogen-bond acceptors (Lipinski definition) is 4. The highest BCUT2D eigenvalue weighted by molar-refractivity contribution is 6.02. The highest BCUT2D eigenvalue weighted by Gasteiger charge is 2.39. The predicted octanol–water partition coefficient (Wildman–Crippen LogP) is 2.25. The number of carboxylic acids is 1. The number of carboxylic acid groups (broad SMARTS) is 1. The van der Waals surface area contributed by atoms with Gasteiger partial charge in [0, 0.05) is 0 Å². The lowest BCUT2D eigenvalue weighted by Crippen LogP contribution is -2.36. The third-order valence-electron chi connectivity index (χ3n) is 3.96. The first-order chi connectivity index (χ1) is 9.65. The van der Waals surface area contributed by atoms with Gasteiger partial charge in [0.05, 0.1) is 23.3 Å². The first-order valence-electron chi connectivity index (χ1n) is 6.84. The molecule has 5 nitrogen and oxygen atoms in total. The standard InChI is InChI=1S/C15H16O5/c16-14(17)10-3-1-2-4-11(10)15(18)20-13-8-6-9-5-7-12(13)19-9/h1-4,9,12-13H,5-8H2,(H,16,17)/t9-,12-,13-/m0/s1. The van der Waals surface area contributed by atoms with Crippen molar-refractivity contribution in [1.29, 1.82) is 0 Å². The van der Waals surface area contributed by atoms with Crippen LogP contribution in [0, 0.1) is 0 Å². The van der Waals surface area contributed by atoms with Crippen molar-refractivity contribution >= 4 is 11.9 Å². The second kappa shape index (κ2) is 5.25. The van der Waals surface area contributed by atoms with Crippen LogP contribution in [0.25, 0.3) is 0 Å². The average Bonchev–Trinajstić information content (AvgIpc) is 2.84. The summed E-state index contributed by atoms with van der Waals surface area (Å²) in [5.41, 5.74) is 0.0682. The molecule has 2 fully saturated rings. The fourth-order valence-electron chi connectivity index (χ4n) is 2.94. The van der Waals surface area contributed by atoms with Crippen molar-refractivity contribution in [1.82, 2.24) is 0 Å². The van der Waals surface area contributed by atoms with Crippen molar-refractivity contribution in [3.63, 3.8) is 0 Å². The topological polar surface area (TPSA) is 72.8 Å². The first-order valence-corrected chi connectivity index (χ1v) is 6.84. The number of aromatic carboxylic acids is 1. The Morgan fingerprint density at radius 2 is 1.80 bits per heavy atom. The third-order valence-corrected chi connectivity index (χ3v) is 3.96. The van der Waals surface area contributed by atoms with Crippen LogP contribution in [-0.2, 0) is 9.47 Å². The minimum Gasteiger partial charge on any atom is -0.478 e. The fourth-order valence-corrected chi connectivity index (χ4v) is 2.94. The number of esters is 1. The van der Waals surface area contributed by atoms with Gasteiger partial charge >= 0.3 is 11.9 Å². The molecule has 0 amide bonds. The van der Waals surface area contributed by atoms with E-state index in [0.29, 0.717) is 6.10 Å². The van der Waals surface area contributed by atoms with Crippen LogP contribution in [-0.4, -0.2) is 35.4 Å². The van der Waals surface area contributed by atoms with E-state index in [1.54, 1.807) is 12.1 Å². The van der Waals surface area contributed by atoms with E-state index in [2.05, 4.69) is 0 Å². The Bertz CT molecular complexity index is 539. The van der Waals surface area contributed by atoms with Gasteiger partial charge in [0.1, 0.15) is 6.10 Å². The zero-order valence-corrected chi connectivity index (χ0v) is 11.0. The normalized spacial score (nSPS) is 28.1. The highest BCUT2D eigenvalue weighted by atomic mass is 16.6. The Labute approximate surface area is 116 Å². The second-order valence-electron chi connectivity index (χ2n) is 5.25. The van der Waals surface area contributed by atoms with Crippen LogP contribution in [0.2, 0.25) is 0 Å². The molecule has 0 spiro atoms. The fraction of sp³-hybridized carbons (Fsp3) is 0.467. The average molecular weight is 276 g/mol. The van der Waals surface area contributed by atoms with Gasteiger partial charge in [0.15, 0.2) is 0 Å². The van der Waals surface area contributed by atoms with Gasteiger partial charge in [-0.3, -0.25) is 0 Å². The monoisotopic (exact) mass is 276 g/mol. The van der Waals surface area contributed by atoms with Crippen LogP contribution in [0.3, 0.4) is 0 Å². The lowest BCUT2D eigenvalue weighted by atomic mass is 10.1. The van der Waals surface area contributed by atoms with Crippen molar-refractivity contribution < 1.29 is 24.2 Å². The molecule has 1 aromatic rings. The van der Waals surface area contributed by atoms with Gasteiger partial charge in [-0.05, 0) is 37.8 Å². The Morgan fingerprint density at radius 3 is 2.55 bits per heavy atom. The summed E-state index contributed by atoms with van der Waals surface area (Å²) in [6.45, 7) is 0. The summed E-state index contributed by atoms with van der Waals surface area (Å²) >= 11 is 0. The van der Waals surface area contributed by atoms with Gasteiger partial charge in [0.2, 0.25) is 0 Å². The summed E-state index contributed by atoms with van der Waals surface area (Å²) in [7, 11) is 0. The maximum Gasteiger partial charge on any atom is 0.339 e. The molecule has 0 saturated carbocycles. The lowest BCUT2D eigenvalue weighted by Gasteiger charge is -2.29. The molecular weight excluding hydrogens is 260 g/mol. The van der Waals surface area contributed by atoms with E-state index >= 15 is 0 Å². The number of carbonyl (C=O) groups is 2. The van der Waals surface area contributed by atoms with E-state index in [0.717, 1.165) is 25.7 Å². The zero-order chi connectivity index (χ0) is 14.1. The molecule has 3 atom stereocenters. The molecule has 2 saturated heterocycles. The molecule has 2 aliphatic rings. The van der Waals surface area contributed by atoms with Gasteiger partial charge in [-0.2, -0.15) is 0 Å². The first kappa shape index (κ1) is 13.1. The summed E-state index contributed by atoms with van der Waals surface area (Å²) in [5, 5.41) is 9.09. The predicted molar refractivity (Wildman–Crippen MR) is 69.7 cm³/mol. The number of fused-ring (bicyclic) bond motifs is 2. The molecule has 5 heteroatoms.